The molecule has 86 valence electrons. The fraction of sp³-hybridized carbons (Fsp3) is 0.0769. The summed E-state index contributed by atoms with van der Waals surface area (Å²) in [4.78, 5) is 15.7. The van der Waals surface area contributed by atoms with Gasteiger partial charge >= 0.3 is 0 Å². The van der Waals surface area contributed by atoms with Crippen LogP contribution in [-0.2, 0) is 0 Å². The number of halogens is 1. The highest BCUT2D eigenvalue weighted by Crippen LogP contribution is 2.14. The zero-order valence-corrected chi connectivity index (χ0v) is 9.11. The number of aromatic nitrogens is 1. The van der Waals surface area contributed by atoms with Gasteiger partial charge in [-0.25, -0.2) is 4.39 Å². The summed E-state index contributed by atoms with van der Waals surface area (Å²) >= 11 is 0. The number of pyridine rings is 1. The third-order valence-electron chi connectivity index (χ3n) is 2.32. The number of nitrogens with one attached hydrogen (secondary N) is 1. The van der Waals surface area contributed by atoms with E-state index in [4.69, 9.17) is 0 Å². The van der Waals surface area contributed by atoms with Crippen LogP contribution in [0.3, 0.4) is 0 Å². The predicted molar refractivity (Wildman–Crippen MR) is 64.2 cm³/mol. The first-order chi connectivity index (χ1) is 8.20. The largest absolute Gasteiger partial charge is 0.349 e. The van der Waals surface area contributed by atoms with E-state index < -0.39 is 0 Å². The molecule has 0 fully saturated rings. The van der Waals surface area contributed by atoms with E-state index in [1.54, 1.807) is 18.2 Å². The number of benzene rings is 1. The van der Waals surface area contributed by atoms with E-state index >= 15 is 0 Å². The van der Waals surface area contributed by atoms with E-state index in [1.165, 1.54) is 18.3 Å². The molecular formula is C13H11FN2O. The Kier molecular flexibility index (Phi) is 3.14. The van der Waals surface area contributed by atoms with Gasteiger partial charge < -0.3 is 5.32 Å². The van der Waals surface area contributed by atoms with Crippen LogP contribution in [-0.4, -0.2) is 17.4 Å². The third-order valence-corrected chi connectivity index (χ3v) is 2.32. The van der Waals surface area contributed by atoms with Crippen LogP contribution in [0.15, 0.2) is 43.1 Å². The molecule has 0 saturated carbocycles. The molecule has 0 spiro atoms. The summed E-state index contributed by atoms with van der Waals surface area (Å²) in [5.41, 5.74) is 0.983. The van der Waals surface area contributed by atoms with Gasteiger partial charge in [-0.3, -0.25) is 9.78 Å². The van der Waals surface area contributed by atoms with Gasteiger partial charge in [0.15, 0.2) is 0 Å². The quantitative estimate of drug-likeness (QED) is 0.822. The minimum atomic E-state index is -0.339. The first-order valence-corrected chi connectivity index (χ1v) is 5.15. The molecule has 1 aromatic carbocycles. The number of hydrogen-bond acceptors (Lipinski definition) is 2. The standard InChI is InChI=1S/C13H11FN2O/c1-2-5-15-13(17)10-6-9-3-4-11(14)7-12(9)16-8-10/h2-4,6-8H,1,5H2,(H,15,17). The number of amides is 1. The first kappa shape index (κ1) is 11.3. The molecule has 1 N–H and O–H groups in total. The Hall–Kier alpha value is -2.23. The molecule has 4 heteroatoms. The average molecular weight is 230 g/mol. The summed E-state index contributed by atoms with van der Waals surface area (Å²) in [6.07, 6.45) is 3.03. The minimum absolute atomic E-state index is 0.219. The van der Waals surface area contributed by atoms with Crippen LogP contribution in [0.25, 0.3) is 10.9 Å². The van der Waals surface area contributed by atoms with E-state index in [-0.39, 0.29) is 11.7 Å². The Morgan fingerprint density at radius 3 is 3.06 bits per heavy atom. The van der Waals surface area contributed by atoms with Gasteiger partial charge in [-0.15, -0.1) is 6.58 Å². The number of rotatable bonds is 3. The van der Waals surface area contributed by atoms with Gasteiger partial charge in [0, 0.05) is 24.2 Å². The molecule has 2 aromatic rings. The SMILES string of the molecule is C=CCNC(=O)c1cnc2cc(F)ccc2c1. The second-order valence-corrected chi connectivity index (χ2v) is 3.56. The first-order valence-electron chi connectivity index (χ1n) is 5.15. The van der Waals surface area contributed by atoms with Crippen LogP contribution >= 0.6 is 0 Å². The zero-order chi connectivity index (χ0) is 12.3. The smallest absolute Gasteiger partial charge is 0.253 e. The summed E-state index contributed by atoms with van der Waals surface area (Å²) in [5.74, 6) is -0.558. The van der Waals surface area contributed by atoms with E-state index in [1.807, 2.05) is 0 Å². The van der Waals surface area contributed by atoms with Gasteiger partial charge in [-0.1, -0.05) is 6.08 Å². The van der Waals surface area contributed by atoms with E-state index in [9.17, 15) is 9.18 Å². The Labute approximate surface area is 98.0 Å². The fourth-order valence-electron chi connectivity index (χ4n) is 1.49. The highest BCUT2D eigenvalue weighted by Gasteiger charge is 2.06. The maximum Gasteiger partial charge on any atom is 0.253 e. The zero-order valence-electron chi connectivity index (χ0n) is 9.11. The highest BCUT2D eigenvalue weighted by atomic mass is 19.1. The maximum atomic E-state index is 12.9. The minimum Gasteiger partial charge on any atom is -0.349 e. The monoisotopic (exact) mass is 230 g/mol. The third kappa shape index (κ3) is 2.47. The molecular weight excluding hydrogens is 219 g/mol. The van der Waals surface area contributed by atoms with Gasteiger partial charge in [-0.05, 0) is 18.2 Å². The van der Waals surface area contributed by atoms with Crippen LogP contribution in [0.2, 0.25) is 0 Å². The van der Waals surface area contributed by atoms with Crippen LogP contribution in [0.5, 0.6) is 0 Å². The molecule has 0 unspecified atom stereocenters. The van der Waals surface area contributed by atoms with E-state index in [2.05, 4.69) is 16.9 Å². The second kappa shape index (κ2) is 4.74. The molecule has 0 aliphatic carbocycles. The molecule has 3 nitrogen and oxygen atoms in total. The summed E-state index contributed by atoms with van der Waals surface area (Å²) < 4.78 is 12.9. The topological polar surface area (TPSA) is 42.0 Å². The molecule has 2 rings (SSSR count). The number of carbonyl (C=O) groups excluding carboxylic acids is 1. The summed E-state index contributed by atoms with van der Waals surface area (Å²) in [5, 5.41) is 3.39. The average Bonchev–Trinajstić information content (AvgIpc) is 2.35. The molecule has 1 aromatic heterocycles. The number of fused-ring (bicyclic) bond motifs is 1. The molecule has 0 bridgehead atoms. The van der Waals surface area contributed by atoms with E-state index in [0.29, 0.717) is 17.6 Å². The Balaban J connectivity index is 2.34. The lowest BCUT2D eigenvalue weighted by atomic mass is 10.1. The fourth-order valence-corrected chi connectivity index (χ4v) is 1.49. The van der Waals surface area contributed by atoms with Crippen molar-refractivity contribution in [3.8, 4) is 0 Å². The van der Waals surface area contributed by atoms with Gasteiger partial charge in [0.05, 0.1) is 11.1 Å². The molecule has 0 saturated heterocycles. The predicted octanol–water partition coefficient (Wildman–Crippen LogP) is 2.29. The van der Waals surface area contributed by atoms with Crippen molar-refractivity contribution < 1.29 is 9.18 Å². The van der Waals surface area contributed by atoms with Crippen LogP contribution in [0.4, 0.5) is 4.39 Å². The van der Waals surface area contributed by atoms with Crippen molar-refractivity contribution in [2.75, 3.05) is 6.54 Å². The van der Waals surface area contributed by atoms with Crippen LogP contribution in [0, 0.1) is 5.82 Å². The number of nitrogens with zero attached hydrogens (tertiary/aromatic N) is 1. The van der Waals surface area contributed by atoms with Crippen molar-refractivity contribution in [1.29, 1.82) is 0 Å². The summed E-state index contributed by atoms with van der Waals surface area (Å²) in [7, 11) is 0. The Morgan fingerprint density at radius 2 is 2.29 bits per heavy atom. The molecule has 17 heavy (non-hydrogen) atoms. The Morgan fingerprint density at radius 1 is 1.47 bits per heavy atom. The van der Waals surface area contributed by atoms with E-state index in [0.717, 1.165) is 5.39 Å². The molecule has 0 aliphatic rings. The molecule has 0 atom stereocenters. The number of carbonyl (C=O) groups is 1. The van der Waals surface area contributed by atoms with Crippen LogP contribution < -0.4 is 5.32 Å². The summed E-state index contributed by atoms with van der Waals surface area (Å²) in [6.45, 7) is 3.92. The molecule has 0 radical (unpaired) electrons. The number of hydrogen-bond donors (Lipinski definition) is 1. The normalized spacial score (nSPS) is 10.2. The van der Waals surface area contributed by atoms with Crippen molar-refractivity contribution in [3.63, 3.8) is 0 Å². The molecule has 1 amide bonds. The molecule has 1 heterocycles. The van der Waals surface area contributed by atoms with Crippen molar-refractivity contribution >= 4 is 16.8 Å². The maximum absolute atomic E-state index is 12.9. The van der Waals surface area contributed by atoms with Gasteiger partial charge in [0.2, 0.25) is 0 Å². The summed E-state index contributed by atoms with van der Waals surface area (Å²) in [6, 6.07) is 5.96. The van der Waals surface area contributed by atoms with Crippen molar-refractivity contribution in [1.82, 2.24) is 10.3 Å². The highest BCUT2D eigenvalue weighted by molar-refractivity contribution is 5.97. The van der Waals surface area contributed by atoms with Crippen molar-refractivity contribution in [3.05, 3.63) is 54.5 Å². The van der Waals surface area contributed by atoms with Crippen LogP contribution in [0.1, 0.15) is 10.4 Å². The second-order valence-electron chi connectivity index (χ2n) is 3.56. The van der Waals surface area contributed by atoms with Gasteiger partial charge in [-0.2, -0.15) is 0 Å². The lowest BCUT2D eigenvalue weighted by Crippen LogP contribution is -2.23. The van der Waals surface area contributed by atoms with Crippen molar-refractivity contribution in [2.24, 2.45) is 0 Å². The van der Waals surface area contributed by atoms with Crippen molar-refractivity contribution in [2.45, 2.75) is 0 Å². The van der Waals surface area contributed by atoms with Gasteiger partial charge in [0.1, 0.15) is 5.82 Å². The lowest BCUT2D eigenvalue weighted by Gasteiger charge is -2.03. The lowest BCUT2D eigenvalue weighted by molar-refractivity contribution is 0.0958. The molecule has 0 aliphatic heterocycles. The van der Waals surface area contributed by atoms with Gasteiger partial charge in [0.25, 0.3) is 5.91 Å². The Bertz CT molecular complexity index is 581.